The van der Waals surface area contributed by atoms with Crippen molar-refractivity contribution < 1.29 is 14.7 Å². The fourth-order valence-corrected chi connectivity index (χ4v) is 3.14. The van der Waals surface area contributed by atoms with Gasteiger partial charge in [0.25, 0.3) is 5.91 Å². The van der Waals surface area contributed by atoms with E-state index in [4.69, 9.17) is 5.11 Å². The summed E-state index contributed by atoms with van der Waals surface area (Å²) >= 11 is 0. The molecule has 3 rings (SSSR count). The number of hydrogen-bond acceptors (Lipinski definition) is 2. The second kappa shape index (κ2) is 6.22. The number of hydrogen-bond donors (Lipinski definition) is 3. The topological polar surface area (TPSA) is 82.2 Å². The molecule has 1 amide bonds. The fourth-order valence-electron chi connectivity index (χ4n) is 3.14. The van der Waals surface area contributed by atoms with Crippen molar-refractivity contribution in [2.24, 2.45) is 11.8 Å². The Morgan fingerprint density at radius 2 is 1.91 bits per heavy atom. The van der Waals surface area contributed by atoms with Crippen LogP contribution >= 0.6 is 0 Å². The van der Waals surface area contributed by atoms with Gasteiger partial charge in [-0.3, -0.25) is 9.59 Å². The number of H-pyrrole nitrogens is 1. The zero-order chi connectivity index (χ0) is 15.5. The van der Waals surface area contributed by atoms with E-state index in [9.17, 15) is 9.59 Å². The van der Waals surface area contributed by atoms with Crippen LogP contribution in [0.3, 0.4) is 0 Å². The van der Waals surface area contributed by atoms with Gasteiger partial charge in [-0.2, -0.15) is 0 Å². The number of fused-ring (bicyclic) bond motifs is 1. The van der Waals surface area contributed by atoms with E-state index < -0.39 is 5.97 Å². The molecule has 1 heterocycles. The third kappa shape index (κ3) is 3.13. The Morgan fingerprint density at radius 3 is 2.59 bits per heavy atom. The average molecular weight is 300 g/mol. The monoisotopic (exact) mass is 300 g/mol. The van der Waals surface area contributed by atoms with Crippen LogP contribution in [0.4, 0.5) is 0 Å². The number of aromatic amines is 1. The van der Waals surface area contributed by atoms with Crippen LogP contribution in [0.2, 0.25) is 0 Å². The molecule has 0 unspecified atom stereocenters. The maximum atomic E-state index is 12.2. The van der Waals surface area contributed by atoms with E-state index in [0.29, 0.717) is 31.0 Å². The van der Waals surface area contributed by atoms with Gasteiger partial charge in [0, 0.05) is 17.4 Å². The SMILES string of the molecule is O=C(NCC1CCC(C(=O)O)CC1)c1cc2ccccc2[nH]1. The smallest absolute Gasteiger partial charge is 0.306 e. The maximum absolute atomic E-state index is 12.2. The number of carboxylic acid groups (broad SMARTS) is 1. The summed E-state index contributed by atoms with van der Waals surface area (Å²) in [6.07, 6.45) is 3.15. The van der Waals surface area contributed by atoms with Crippen molar-refractivity contribution in [1.29, 1.82) is 0 Å². The summed E-state index contributed by atoms with van der Waals surface area (Å²) in [5, 5.41) is 13.0. The number of carbonyl (C=O) groups excluding carboxylic acids is 1. The average Bonchev–Trinajstić information content (AvgIpc) is 2.97. The minimum Gasteiger partial charge on any atom is -0.481 e. The molecule has 5 nitrogen and oxygen atoms in total. The predicted molar refractivity (Wildman–Crippen MR) is 83.7 cm³/mol. The molecule has 1 fully saturated rings. The molecule has 0 saturated heterocycles. The molecule has 116 valence electrons. The highest BCUT2D eigenvalue weighted by Crippen LogP contribution is 2.28. The minimum atomic E-state index is -0.694. The number of carbonyl (C=O) groups is 2. The Bertz CT molecular complexity index is 651. The number of nitrogens with one attached hydrogen (secondary N) is 2. The molecular formula is C17H20N2O3. The molecule has 0 radical (unpaired) electrons. The number of amides is 1. The fraction of sp³-hybridized carbons (Fsp3) is 0.412. The van der Waals surface area contributed by atoms with E-state index in [1.165, 1.54) is 0 Å². The second-order valence-electron chi connectivity index (χ2n) is 6.04. The lowest BCUT2D eigenvalue weighted by atomic mass is 9.82. The number of carboxylic acids is 1. The Morgan fingerprint density at radius 1 is 1.18 bits per heavy atom. The van der Waals surface area contributed by atoms with Crippen molar-refractivity contribution in [3.63, 3.8) is 0 Å². The van der Waals surface area contributed by atoms with Crippen molar-refractivity contribution in [2.45, 2.75) is 25.7 Å². The first-order valence-electron chi connectivity index (χ1n) is 7.72. The van der Waals surface area contributed by atoms with Crippen molar-refractivity contribution in [2.75, 3.05) is 6.54 Å². The molecule has 0 aliphatic heterocycles. The van der Waals surface area contributed by atoms with E-state index in [1.54, 1.807) is 0 Å². The van der Waals surface area contributed by atoms with Gasteiger partial charge >= 0.3 is 5.97 Å². The first-order valence-corrected chi connectivity index (χ1v) is 7.72. The Hall–Kier alpha value is -2.30. The van der Waals surface area contributed by atoms with E-state index in [2.05, 4.69) is 10.3 Å². The first kappa shape index (κ1) is 14.6. The molecule has 1 saturated carbocycles. The summed E-state index contributed by atoms with van der Waals surface area (Å²) < 4.78 is 0. The normalized spacial score (nSPS) is 21.6. The maximum Gasteiger partial charge on any atom is 0.306 e. The van der Waals surface area contributed by atoms with Gasteiger partial charge in [0.2, 0.25) is 0 Å². The zero-order valence-electron chi connectivity index (χ0n) is 12.3. The van der Waals surface area contributed by atoms with Crippen molar-refractivity contribution >= 4 is 22.8 Å². The molecule has 0 spiro atoms. The van der Waals surface area contributed by atoms with Crippen molar-refractivity contribution in [1.82, 2.24) is 10.3 Å². The quantitative estimate of drug-likeness (QED) is 0.812. The van der Waals surface area contributed by atoms with Crippen LogP contribution in [0, 0.1) is 11.8 Å². The number of rotatable bonds is 4. The molecule has 2 aromatic rings. The molecule has 22 heavy (non-hydrogen) atoms. The molecule has 1 aliphatic rings. The molecule has 5 heteroatoms. The molecule has 1 aromatic heterocycles. The van der Waals surface area contributed by atoms with Crippen LogP contribution in [-0.2, 0) is 4.79 Å². The molecule has 1 aromatic carbocycles. The Balaban J connectivity index is 1.53. The van der Waals surface area contributed by atoms with Gasteiger partial charge in [0.05, 0.1) is 5.92 Å². The van der Waals surface area contributed by atoms with E-state index in [-0.39, 0.29) is 11.8 Å². The largest absolute Gasteiger partial charge is 0.481 e. The molecule has 1 aliphatic carbocycles. The number of benzene rings is 1. The highest BCUT2D eigenvalue weighted by molar-refractivity contribution is 5.97. The highest BCUT2D eigenvalue weighted by atomic mass is 16.4. The summed E-state index contributed by atoms with van der Waals surface area (Å²) in [5.41, 5.74) is 1.52. The van der Waals surface area contributed by atoms with Gasteiger partial charge in [-0.1, -0.05) is 18.2 Å². The number of aromatic nitrogens is 1. The van der Waals surface area contributed by atoms with Gasteiger partial charge in [-0.15, -0.1) is 0 Å². The van der Waals surface area contributed by atoms with Crippen LogP contribution in [0.1, 0.15) is 36.2 Å². The van der Waals surface area contributed by atoms with Crippen LogP contribution < -0.4 is 5.32 Å². The zero-order valence-corrected chi connectivity index (χ0v) is 12.3. The van der Waals surface area contributed by atoms with Crippen LogP contribution in [0.25, 0.3) is 10.9 Å². The summed E-state index contributed by atoms with van der Waals surface area (Å²) in [5.74, 6) is -0.623. The first-order chi connectivity index (χ1) is 10.6. The van der Waals surface area contributed by atoms with E-state index >= 15 is 0 Å². The summed E-state index contributed by atoms with van der Waals surface area (Å²) in [7, 11) is 0. The van der Waals surface area contributed by atoms with Gasteiger partial charge in [-0.25, -0.2) is 0 Å². The molecular weight excluding hydrogens is 280 g/mol. The van der Waals surface area contributed by atoms with Crippen LogP contribution in [-0.4, -0.2) is 28.5 Å². The highest BCUT2D eigenvalue weighted by Gasteiger charge is 2.26. The lowest BCUT2D eigenvalue weighted by molar-refractivity contribution is -0.143. The Labute approximate surface area is 128 Å². The predicted octanol–water partition coefficient (Wildman–Crippen LogP) is 2.79. The minimum absolute atomic E-state index is 0.100. The lowest BCUT2D eigenvalue weighted by Gasteiger charge is -2.26. The third-order valence-corrected chi connectivity index (χ3v) is 4.52. The van der Waals surface area contributed by atoms with E-state index in [0.717, 1.165) is 23.7 Å². The third-order valence-electron chi connectivity index (χ3n) is 4.52. The van der Waals surface area contributed by atoms with Gasteiger partial charge < -0.3 is 15.4 Å². The Kier molecular flexibility index (Phi) is 4.13. The van der Waals surface area contributed by atoms with Gasteiger partial charge in [0.15, 0.2) is 0 Å². The molecule has 3 N–H and O–H groups in total. The van der Waals surface area contributed by atoms with Crippen LogP contribution in [0.5, 0.6) is 0 Å². The lowest BCUT2D eigenvalue weighted by Crippen LogP contribution is -2.32. The summed E-state index contributed by atoms with van der Waals surface area (Å²) in [6, 6.07) is 9.64. The van der Waals surface area contributed by atoms with Gasteiger partial charge in [0.1, 0.15) is 5.69 Å². The van der Waals surface area contributed by atoms with Gasteiger partial charge in [-0.05, 0) is 43.7 Å². The van der Waals surface area contributed by atoms with E-state index in [1.807, 2.05) is 30.3 Å². The van der Waals surface area contributed by atoms with Crippen molar-refractivity contribution in [3.05, 3.63) is 36.0 Å². The molecule has 0 bridgehead atoms. The summed E-state index contributed by atoms with van der Waals surface area (Å²) in [6.45, 7) is 0.612. The standard InChI is InChI=1S/C17H20N2O3/c20-16(15-9-13-3-1-2-4-14(13)19-15)18-10-11-5-7-12(8-6-11)17(21)22/h1-4,9,11-12,19H,5-8,10H2,(H,18,20)(H,21,22). The summed E-state index contributed by atoms with van der Waals surface area (Å²) in [4.78, 5) is 26.2. The molecule has 0 atom stereocenters. The van der Waals surface area contributed by atoms with Crippen molar-refractivity contribution in [3.8, 4) is 0 Å². The second-order valence-corrected chi connectivity index (χ2v) is 6.04. The number of aliphatic carboxylic acids is 1. The van der Waals surface area contributed by atoms with Crippen LogP contribution in [0.15, 0.2) is 30.3 Å². The number of para-hydroxylation sites is 1.